The fourth-order valence-electron chi connectivity index (χ4n) is 3.52. The first-order valence-electron chi connectivity index (χ1n) is 8.18. The second-order valence-corrected chi connectivity index (χ2v) is 6.81. The van der Waals surface area contributed by atoms with Gasteiger partial charge in [0.05, 0.1) is 18.0 Å². The summed E-state index contributed by atoms with van der Waals surface area (Å²) in [6.07, 6.45) is 0.406. The summed E-state index contributed by atoms with van der Waals surface area (Å²) >= 11 is 0. The maximum absolute atomic E-state index is 14.0. The summed E-state index contributed by atoms with van der Waals surface area (Å²) in [5.41, 5.74) is -0.511. The lowest BCUT2D eigenvalue weighted by Gasteiger charge is -2.28. The van der Waals surface area contributed by atoms with Crippen LogP contribution in [0.4, 0.5) is 4.39 Å². The molecular formula is C18H21FN2O4. The molecule has 0 aliphatic carbocycles. The summed E-state index contributed by atoms with van der Waals surface area (Å²) in [5, 5.41) is 10.1. The van der Waals surface area contributed by atoms with Crippen LogP contribution in [-0.2, 0) is 4.79 Å². The molecule has 1 atom stereocenters. The molecule has 1 aliphatic rings. The molecule has 0 saturated carbocycles. The minimum Gasteiger partial charge on any atom is -0.496 e. The Balaban J connectivity index is 1.93. The van der Waals surface area contributed by atoms with E-state index >= 15 is 0 Å². The van der Waals surface area contributed by atoms with Gasteiger partial charge in [-0.25, -0.2) is 4.39 Å². The third kappa shape index (κ3) is 2.63. The van der Waals surface area contributed by atoms with Crippen molar-refractivity contribution in [1.29, 1.82) is 0 Å². The molecule has 0 spiro atoms. The molecule has 6 nitrogen and oxygen atoms in total. The number of rotatable bonds is 4. The average Bonchev–Trinajstić information content (AvgIpc) is 3.21. The lowest BCUT2D eigenvalue weighted by atomic mass is 9.76. The third-order valence-corrected chi connectivity index (χ3v) is 5.27. The highest BCUT2D eigenvalue weighted by atomic mass is 19.1. The fraction of sp³-hybridized carbons (Fsp3) is 0.444. The van der Waals surface area contributed by atoms with Crippen LogP contribution in [0.3, 0.4) is 0 Å². The molecule has 1 fully saturated rings. The Morgan fingerprint density at radius 3 is 2.68 bits per heavy atom. The van der Waals surface area contributed by atoms with Crippen molar-refractivity contribution in [2.75, 3.05) is 20.2 Å². The van der Waals surface area contributed by atoms with Gasteiger partial charge in [0.1, 0.15) is 17.3 Å². The van der Waals surface area contributed by atoms with Gasteiger partial charge in [-0.3, -0.25) is 9.59 Å². The second kappa shape index (κ2) is 6.06. The number of nitrogens with zero attached hydrogens (tertiary/aromatic N) is 1. The van der Waals surface area contributed by atoms with Crippen LogP contribution >= 0.6 is 0 Å². The third-order valence-electron chi connectivity index (χ3n) is 5.27. The zero-order valence-corrected chi connectivity index (χ0v) is 14.4. The van der Waals surface area contributed by atoms with Crippen LogP contribution in [0.1, 0.15) is 30.8 Å². The Morgan fingerprint density at radius 2 is 2.12 bits per heavy atom. The molecule has 1 aromatic carbocycles. The van der Waals surface area contributed by atoms with Crippen molar-refractivity contribution >= 4 is 22.8 Å². The van der Waals surface area contributed by atoms with Crippen molar-refractivity contribution in [2.24, 2.45) is 11.3 Å². The largest absolute Gasteiger partial charge is 0.496 e. The average molecular weight is 348 g/mol. The number of aliphatic carboxylic acids is 1. The van der Waals surface area contributed by atoms with Gasteiger partial charge in [-0.15, -0.1) is 0 Å². The maximum Gasteiger partial charge on any atom is 0.311 e. The van der Waals surface area contributed by atoms with E-state index in [1.165, 1.54) is 24.1 Å². The van der Waals surface area contributed by atoms with Crippen molar-refractivity contribution in [2.45, 2.75) is 20.3 Å². The van der Waals surface area contributed by atoms with Crippen LogP contribution in [0.5, 0.6) is 5.75 Å². The number of nitrogens with one attached hydrogen (secondary N) is 1. The molecule has 1 unspecified atom stereocenters. The van der Waals surface area contributed by atoms with E-state index in [4.69, 9.17) is 4.74 Å². The fourth-order valence-corrected chi connectivity index (χ4v) is 3.52. The molecule has 0 bridgehead atoms. The van der Waals surface area contributed by atoms with E-state index in [1.807, 2.05) is 13.8 Å². The van der Waals surface area contributed by atoms with Gasteiger partial charge in [-0.2, -0.15) is 0 Å². The number of carboxylic acid groups (broad SMARTS) is 1. The number of hydrogen-bond donors (Lipinski definition) is 2. The highest BCUT2D eigenvalue weighted by molar-refractivity contribution is 6.00. The number of fused-ring (bicyclic) bond motifs is 1. The van der Waals surface area contributed by atoms with Crippen LogP contribution in [0.15, 0.2) is 18.2 Å². The van der Waals surface area contributed by atoms with Crippen LogP contribution in [0.2, 0.25) is 0 Å². The normalized spacial score (nSPS) is 20.4. The van der Waals surface area contributed by atoms with Gasteiger partial charge in [0.2, 0.25) is 0 Å². The Kier molecular flexibility index (Phi) is 4.18. The number of carboxylic acids is 1. The lowest BCUT2D eigenvalue weighted by molar-refractivity contribution is -0.150. The van der Waals surface area contributed by atoms with Crippen molar-refractivity contribution in [1.82, 2.24) is 9.88 Å². The number of carbonyl (C=O) groups is 2. The number of methoxy groups -OCH3 is 1. The SMILES string of the molecule is COc1ccc(F)c2[nH]c(C(=O)N3CCC(C(=O)O)(C(C)C)C3)cc12. The summed E-state index contributed by atoms with van der Waals surface area (Å²) in [4.78, 5) is 28.9. The monoisotopic (exact) mass is 348 g/mol. The predicted octanol–water partition coefficient (Wildman–Crippen LogP) is 2.89. The highest BCUT2D eigenvalue weighted by Crippen LogP contribution is 2.39. The van der Waals surface area contributed by atoms with Crippen molar-refractivity contribution in [3.8, 4) is 5.75 Å². The number of amides is 1. The molecule has 1 amide bonds. The number of hydrogen-bond acceptors (Lipinski definition) is 3. The first-order valence-corrected chi connectivity index (χ1v) is 8.18. The second-order valence-electron chi connectivity index (χ2n) is 6.81. The first kappa shape index (κ1) is 17.3. The number of halogens is 1. The van der Waals surface area contributed by atoms with Gasteiger partial charge >= 0.3 is 5.97 Å². The number of ether oxygens (including phenoxy) is 1. The molecule has 2 aromatic rings. The molecule has 1 aliphatic heterocycles. The minimum absolute atomic E-state index is 0.0944. The number of aromatic nitrogens is 1. The number of benzene rings is 1. The Bertz CT molecular complexity index is 845. The summed E-state index contributed by atoms with van der Waals surface area (Å²) in [5.74, 6) is -1.32. The molecule has 3 rings (SSSR count). The highest BCUT2D eigenvalue weighted by Gasteiger charge is 2.48. The Hall–Kier alpha value is -2.57. The van der Waals surface area contributed by atoms with Gasteiger partial charge in [0.25, 0.3) is 5.91 Å². The quantitative estimate of drug-likeness (QED) is 0.890. The molecule has 7 heteroatoms. The smallest absolute Gasteiger partial charge is 0.311 e. The standard InChI is InChI=1S/C18H21FN2O4/c1-10(2)18(17(23)24)6-7-21(9-18)16(22)13-8-11-14(25-3)5-4-12(19)15(11)20-13/h4-5,8,10,20H,6-7,9H2,1-3H3,(H,23,24). The van der Waals surface area contributed by atoms with E-state index < -0.39 is 17.2 Å². The van der Waals surface area contributed by atoms with Crippen LogP contribution in [0.25, 0.3) is 10.9 Å². The first-order chi connectivity index (χ1) is 11.8. The van der Waals surface area contributed by atoms with Crippen LogP contribution < -0.4 is 4.74 Å². The molecule has 25 heavy (non-hydrogen) atoms. The van der Waals surface area contributed by atoms with Crippen molar-refractivity contribution < 1.29 is 23.8 Å². The molecule has 0 radical (unpaired) electrons. The van der Waals surface area contributed by atoms with Gasteiger partial charge in [0, 0.05) is 18.5 Å². The molecule has 1 aromatic heterocycles. The van der Waals surface area contributed by atoms with E-state index in [9.17, 15) is 19.1 Å². The molecule has 1 saturated heterocycles. The lowest BCUT2D eigenvalue weighted by Crippen LogP contribution is -2.40. The minimum atomic E-state index is -0.940. The zero-order chi connectivity index (χ0) is 18.4. The predicted molar refractivity (Wildman–Crippen MR) is 90.2 cm³/mol. The van der Waals surface area contributed by atoms with E-state index in [1.54, 1.807) is 6.07 Å². The topological polar surface area (TPSA) is 82.6 Å². The van der Waals surface area contributed by atoms with Gasteiger partial charge < -0.3 is 19.7 Å². The van der Waals surface area contributed by atoms with E-state index in [0.29, 0.717) is 24.1 Å². The summed E-state index contributed by atoms with van der Waals surface area (Å²) in [6.45, 7) is 4.21. The van der Waals surface area contributed by atoms with Gasteiger partial charge in [0.15, 0.2) is 0 Å². The number of carbonyl (C=O) groups excluding carboxylic acids is 1. The summed E-state index contributed by atoms with van der Waals surface area (Å²) in [6, 6.07) is 4.33. The molecule has 134 valence electrons. The Labute approximate surface area is 144 Å². The van der Waals surface area contributed by atoms with Crippen LogP contribution in [-0.4, -0.2) is 47.1 Å². The van der Waals surface area contributed by atoms with Crippen LogP contribution in [0, 0.1) is 17.2 Å². The van der Waals surface area contributed by atoms with Crippen molar-refractivity contribution in [3.63, 3.8) is 0 Å². The van der Waals surface area contributed by atoms with Gasteiger partial charge in [-0.1, -0.05) is 13.8 Å². The van der Waals surface area contributed by atoms with Gasteiger partial charge in [-0.05, 0) is 30.5 Å². The molecule has 2 heterocycles. The summed E-state index contributed by atoms with van der Waals surface area (Å²) < 4.78 is 19.2. The molecular weight excluding hydrogens is 327 g/mol. The number of likely N-dealkylation sites (tertiary alicyclic amines) is 1. The van der Waals surface area contributed by atoms with E-state index in [0.717, 1.165) is 0 Å². The zero-order valence-electron chi connectivity index (χ0n) is 14.4. The van der Waals surface area contributed by atoms with Crippen molar-refractivity contribution in [3.05, 3.63) is 29.7 Å². The molecule has 2 N–H and O–H groups in total. The number of H-pyrrole nitrogens is 1. The summed E-state index contributed by atoms with van der Waals surface area (Å²) in [7, 11) is 1.48. The van der Waals surface area contributed by atoms with E-state index in [-0.39, 0.29) is 29.6 Å². The Morgan fingerprint density at radius 1 is 1.40 bits per heavy atom. The van der Waals surface area contributed by atoms with E-state index in [2.05, 4.69) is 4.98 Å². The number of aromatic amines is 1. The maximum atomic E-state index is 14.0.